The van der Waals surface area contributed by atoms with E-state index in [9.17, 15) is 4.79 Å². The first kappa shape index (κ1) is 17.7. The Kier molecular flexibility index (Phi) is 7.40. The lowest BCUT2D eigenvalue weighted by Gasteiger charge is -2.17. The minimum absolute atomic E-state index is 0.0106. The monoisotopic (exact) mass is 293 g/mol. The number of hydrogen-bond donors (Lipinski definition) is 1. The topological polar surface area (TPSA) is 61.6 Å². The summed E-state index contributed by atoms with van der Waals surface area (Å²) in [5, 5.41) is 0. The molecule has 1 rings (SSSR count). The van der Waals surface area contributed by atoms with Crippen LogP contribution in [0.5, 0.6) is 5.75 Å². The fraction of sp³-hybridized carbons (Fsp3) is 0.588. The zero-order chi connectivity index (χ0) is 15.8. The van der Waals surface area contributed by atoms with Gasteiger partial charge in [-0.05, 0) is 37.0 Å². The molecular weight excluding hydrogens is 266 g/mol. The molecule has 1 unspecified atom stereocenters. The summed E-state index contributed by atoms with van der Waals surface area (Å²) in [5.41, 5.74) is 7.83. The number of nitrogens with two attached hydrogens (primary N) is 1. The van der Waals surface area contributed by atoms with Crippen LogP contribution in [0.25, 0.3) is 0 Å². The highest BCUT2D eigenvalue weighted by Crippen LogP contribution is 2.23. The molecule has 21 heavy (non-hydrogen) atoms. The molecule has 0 aromatic heterocycles. The van der Waals surface area contributed by atoms with Gasteiger partial charge in [-0.15, -0.1) is 0 Å². The van der Waals surface area contributed by atoms with Gasteiger partial charge in [0, 0.05) is 26.2 Å². The van der Waals surface area contributed by atoms with Crippen molar-refractivity contribution in [3.05, 3.63) is 29.3 Å². The second-order valence-corrected chi connectivity index (χ2v) is 5.69. The van der Waals surface area contributed by atoms with Crippen molar-refractivity contribution in [3.63, 3.8) is 0 Å². The Morgan fingerprint density at radius 3 is 2.57 bits per heavy atom. The lowest BCUT2D eigenvalue weighted by atomic mass is 9.96. The lowest BCUT2D eigenvalue weighted by molar-refractivity contribution is 0.101. The van der Waals surface area contributed by atoms with Gasteiger partial charge >= 0.3 is 0 Å². The van der Waals surface area contributed by atoms with Crippen molar-refractivity contribution in [1.82, 2.24) is 0 Å². The van der Waals surface area contributed by atoms with Crippen molar-refractivity contribution in [2.75, 3.05) is 20.3 Å². The number of benzene rings is 1. The number of Topliss-reactive ketones (excluding diaryl/α,β-unsaturated/α-hetero) is 1. The quantitative estimate of drug-likeness (QED) is 0.562. The molecule has 1 atom stereocenters. The highest BCUT2D eigenvalue weighted by atomic mass is 16.5. The molecule has 1 aromatic carbocycles. The maximum Gasteiger partial charge on any atom is 0.163 e. The number of rotatable bonds is 9. The van der Waals surface area contributed by atoms with E-state index in [2.05, 4.69) is 13.8 Å². The van der Waals surface area contributed by atoms with E-state index >= 15 is 0 Å². The lowest BCUT2D eigenvalue weighted by Crippen LogP contribution is -2.28. The molecule has 0 bridgehead atoms. The second-order valence-electron chi connectivity index (χ2n) is 5.69. The number of ether oxygens (including phenoxy) is 2. The van der Waals surface area contributed by atoms with E-state index in [1.54, 1.807) is 14.0 Å². The van der Waals surface area contributed by atoms with Gasteiger partial charge in [0.15, 0.2) is 5.78 Å². The summed E-state index contributed by atoms with van der Waals surface area (Å²) in [7, 11) is 1.66. The zero-order valence-corrected chi connectivity index (χ0v) is 13.5. The first-order valence-corrected chi connectivity index (χ1v) is 7.47. The van der Waals surface area contributed by atoms with Crippen LogP contribution >= 0.6 is 0 Å². The summed E-state index contributed by atoms with van der Waals surface area (Å²) in [5.74, 6) is 1.08. The molecule has 0 aliphatic heterocycles. The Bertz CT molecular complexity index is 457. The number of ketones is 1. The standard InChI is InChI=1S/C17H27NO3/c1-12(2)16(18)10-14-6-7-15(13(3)19)17(11-14)21-9-5-8-20-4/h6-7,11-12,16H,5,8-10,18H2,1-4H3. The van der Waals surface area contributed by atoms with E-state index in [4.69, 9.17) is 15.2 Å². The third-order valence-electron chi connectivity index (χ3n) is 3.50. The Hall–Kier alpha value is -1.39. The minimum Gasteiger partial charge on any atom is -0.493 e. The van der Waals surface area contributed by atoms with Gasteiger partial charge < -0.3 is 15.2 Å². The van der Waals surface area contributed by atoms with Crippen molar-refractivity contribution in [2.24, 2.45) is 11.7 Å². The average Bonchev–Trinajstić information content (AvgIpc) is 2.43. The summed E-state index contributed by atoms with van der Waals surface area (Å²) in [6, 6.07) is 5.83. The van der Waals surface area contributed by atoms with Crippen LogP contribution in [0.4, 0.5) is 0 Å². The molecule has 1 aromatic rings. The van der Waals surface area contributed by atoms with Crippen molar-refractivity contribution in [3.8, 4) is 5.75 Å². The van der Waals surface area contributed by atoms with E-state index < -0.39 is 0 Å². The van der Waals surface area contributed by atoms with Gasteiger partial charge in [-0.3, -0.25) is 4.79 Å². The summed E-state index contributed by atoms with van der Waals surface area (Å²) < 4.78 is 10.7. The molecular formula is C17H27NO3. The molecule has 118 valence electrons. The van der Waals surface area contributed by atoms with Gasteiger partial charge in [-0.1, -0.05) is 19.9 Å². The van der Waals surface area contributed by atoms with Gasteiger partial charge in [-0.2, -0.15) is 0 Å². The van der Waals surface area contributed by atoms with E-state index in [-0.39, 0.29) is 11.8 Å². The van der Waals surface area contributed by atoms with Crippen LogP contribution in [-0.4, -0.2) is 32.1 Å². The van der Waals surface area contributed by atoms with Crippen LogP contribution in [-0.2, 0) is 11.2 Å². The van der Waals surface area contributed by atoms with Gasteiger partial charge in [0.1, 0.15) is 5.75 Å². The smallest absolute Gasteiger partial charge is 0.163 e. The van der Waals surface area contributed by atoms with Crippen LogP contribution in [0, 0.1) is 5.92 Å². The number of carbonyl (C=O) groups is 1. The highest BCUT2D eigenvalue weighted by molar-refractivity contribution is 5.96. The van der Waals surface area contributed by atoms with Crippen LogP contribution in [0.2, 0.25) is 0 Å². The highest BCUT2D eigenvalue weighted by Gasteiger charge is 2.13. The molecule has 0 aliphatic carbocycles. The predicted octanol–water partition coefficient (Wildman–Crippen LogP) is 2.83. The molecule has 0 fully saturated rings. The first-order valence-electron chi connectivity index (χ1n) is 7.47. The maximum atomic E-state index is 11.7. The SMILES string of the molecule is COCCCOc1cc(CC(N)C(C)C)ccc1C(C)=O. The minimum atomic E-state index is 0.0106. The van der Waals surface area contributed by atoms with Gasteiger partial charge in [0.2, 0.25) is 0 Å². The molecule has 4 nitrogen and oxygen atoms in total. The molecule has 0 aliphatic rings. The third-order valence-corrected chi connectivity index (χ3v) is 3.50. The van der Waals surface area contributed by atoms with Gasteiger partial charge in [0.05, 0.1) is 12.2 Å². The molecule has 0 saturated carbocycles. The van der Waals surface area contributed by atoms with Crippen LogP contribution in [0.15, 0.2) is 18.2 Å². The van der Waals surface area contributed by atoms with Crippen molar-refractivity contribution in [1.29, 1.82) is 0 Å². The number of methoxy groups -OCH3 is 1. The molecule has 0 radical (unpaired) electrons. The Balaban J connectivity index is 2.82. The summed E-state index contributed by atoms with van der Waals surface area (Å²) >= 11 is 0. The summed E-state index contributed by atoms with van der Waals surface area (Å²) in [4.78, 5) is 11.7. The van der Waals surface area contributed by atoms with Crippen molar-refractivity contribution >= 4 is 5.78 Å². The summed E-state index contributed by atoms with van der Waals surface area (Å²) in [6.45, 7) is 6.95. The second kappa shape index (κ2) is 8.80. The molecule has 0 spiro atoms. The van der Waals surface area contributed by atoms with E-state index in [0.717, 1.165) is 18.4 Å². The van der Waals surface area contributed by atoms with Crippen molar-refractivity contribution < 1.29 is 14.3 Å². The fourth-order valence-corrected chi connectivity index (χ4v) is 2.00. The number of carbonyl (C=O) groups excluding carboxylic acids is 1. The Morgan fingerprint density at radius 2 is 2.00 bits per heavy atom. The van der Waals surface area contributed by atoms with E-state index in [0.29, 0.717) is 30.4 Å². The first-order chi connectivity index (χ1) is 9.95. The Labute approximate surface area is 127 Å². The predicted molar refractivity (Wildman–Crippen MR) is 85.0 cm³/mol. The third kappa shape index (κ3) is 5.86. The van der Waals surface area contributed by atoms with Crippen LogP contribution in [0.1, 0.15) is 43.1 Å². The fourth-order valence-electron chi connectivity index (χ4n) is 2.00. The van der Waals surface area contributed by atoms with E-state index in [1.807, 2.05) is 18.2 Å². The number of hydrogen-bond acceptors (Lipinski definition) is 4. The maximum absolute atomic E-state index is 11.7. The van der Waals surface area contributed by atoms with E-state index in [1.165, 1.54) is 0 Å². The molecule has 2 N–H and O–H groups in total. The molecule has 0 heterocycles. The average molecular weight is 293 g/mol. The van der Waals surface area contributed by atoms with Crippen LogP contribution in [0.3, 0.4) is 0 Å². The van der Waals surface area contributed by atoms with Crippen molar-refractivity contribution in [2.45, 2.75) is 39.7 Å². The largest absolute Gasteiger partial charge is 0.493 e. The Morgan fingerprint density at radius 1 is 1.29 bits per heavy atom. The zero-order valence-electron chi connectivity index (χ0n) is 13.5. The summed E-state index contributed by atoms with van der Waals surface area (Å²) in [6.07, 6.45) is 1.58. The normalized spacial score (nSPS) is 12.5. The van der Waals surface area contributed by atoms with Crippen LogP contribution < -0.4 is 10.5 Å². The molecule has 0 amide bonds. The molecule has 0 saturated heterocycles. The molecule has 4 heteroatoms. The van der Waals surface area contributed by atoms with Gasteiger partial charge in [0.25, 0.3) is 0 Å². The van der Waals surface area contributed by atoms with Gasteiger partial charge in [-0.25, -0.2) is 0 Å².